The van der Waals surface area contributed by atoms with E-state index in [0.29, 0.717) is 6.54 Å². The van der Waals surface area contributed by atoms with Crippen molar-refractivity contribution in [3.63, 3.8) is 0 Å². The van der Waals surface area contributed by atoms with Gasteiger partial charge in [0.25, 0.3) is 0 Å². The van der Waals surface area contributed by atoms with Crippen molar-refractivity contribution in [1.29, 1.82) is 0 Å². The number of rotatable bonds is 2. The fourth-order valence-electron chi connectivity index (χ4n) is 1.72. The molecule has 0 saturated carbocycles. The highest BCUT2D eigenvalue weighted by atomic mass is 16.3. The summed E-state index contributed by atoms with van der Waals surface area (Å²) in [5, 5.41) is 0. The Morgan fingerprint density at radius 2 is 2.50 bits per heavy atom. The summed E-state index contributed by atoms with van der Waals surface area (Å²) in [5.74, 6) is 0.847. The number of likely N-dealkylation sites (tertiary alicyclic amines) is 1. The molecule has 0 aromatic carbocycles. The molecule has 4 nitrogen and oxygen atoms in total. The van der Waals surface area contributed by atoms with Gasteiger partial charge in [-0.1, -0.05) is 0 Å². The fraction of sp³-hybridized carbons (Fsp3) is 0.500. The molecule has 1 amide bonds. The Hall–Kier alpha value is -1.29. The summed E-state index contributed by atoms with van der Waals surface area (Å²) in [6, 6.07) is 3.37. The number of carbonyl (C=O) groups is 1. The lowest BCUT2D eigenvalue weighted by Gasteiger charge is -2.29. The van der Waals surface area contributed by atoms with Crippen molar-refractivity contribution in [1.82, 2.24) is 4.90 Å². The Morgan fingerprint density at radius 3 is 3.21 bits per heavy atom. The van der Waals surface area contributed by atoms with Gasteiger partial charge in [0.05, 0.1) is 18.8 Å². The van der Waals surface area contributed by atoms with E-state index in [2.05, 4.69) is 0 Å². The average molecular weight is 194 g/mol. The molecule has 1 aliphatic rings. The summed E-state index contributed by atoms with van der Waals surface area (Å²) < 4.78 is 5.19. The van der Waals surface area contributed by atoms with Gasteiger partial charge in [-0.3, -0.25) is 4.79 Å². The summed E-state index contributed by atoms with van der Waals surface area (Å²) in [6.45, 7) is 1.33. The first-order chi connectivity index (χ1) is 6.77. The minimum Gasteiger partial charge on any atom is -0.467 e. The maximum Gasteiger partial charge on any atom is 0.239 e. The second-order valence-electron chi connectivity index (χ2n) is 3.59. The van der Waals surface area contributed by atoms with Gasteiger partial charge in [0.1, 0.15) is 5.76 Å². The third kappa shape index (κ3) is 1.80. The zero-order valence-corrected chi connectivity index (χ0v) is 7.98. The molecular formula is C10H14N2O2. The Kier molecular flexibility index (Phi) is 2.54. The molecule has 1 atom stereocenters. The topological polar surface area (TPSA) is 59.5 Å². The first kappa shape index (κ1) is 9.27. The number of hydrogen-bond donors (Lipinski definition) is 1. The van der Waals surface area contributed by atoms with Crippen LogP contribution in [0.4, 0.5) is 0 Å². The second kappa shape index (κ2) is 3.84. The minimum absolute atomic E-state index is 0.0349. The number of hydrogen-bond acceptors (Lipinski definition) is 3. The van der Waals surface area contributed by atoms with E-state index in [9.17, 15) is 4.79 Å². The Labute approximate surface area is 82.7 Å². The van der Waals surface area contributed by atoms with Gasteiger partial charge >= 0.3 is 0 Å². The van der Waals surface area contributed by atoms with Crippen LogP contribution in [0.25, 0.3) is 0 Å². The number of amides is 1. The Balaban J connectivity index is 2.00. The normalized spacial score (nSPS) is 22.8. The fourth-order valence-corrected chi connectivity index (χ4v) is 1.72. The van der Waals surface area contributed by atoms with Crippen molar-refractivity contribution in [2.75, 3.05) is 6.54 Å². The van der Waals surface area contributed by atoms with E-state index < -0.39 is 0 Å². The van der Waals surface area contributed by atoms with Crippen LogP contribution in [0.15, 0.2) is 22.8 Å². The van der Waals surface area contributed by atoms with Crippen LogP contribution in [-0.2, 0) is 11.3 Å². The highest BCUT2D eigenvalue weighted by molar-refractivity contribution is 5.82. The average Bonchev–Trinajstić information content (AvgIpc) is 2.66. The van der Waals surface area contributed by atoms with Crippen LogP contribution in [0, 0.1) is 0 Å². The van der Waals surface area contributed by atoms with Gasteiger partial charge < -0.3 is 15.1 Å². The maximum absolute atomic E-state index is 11.6. The van der Waals surface area contributed by atoms with E-state index >= 15 is 0 Å². The van der Waals surface area contributed by atoms with Crippen molar-refractivity contribution in [2.24, 2.45) is 5.73 Å². The molecular weight excluding hydrogens is 180 g/mol. The Bertz CT molecular complexity index is 308. The smallest absolute Gasteiger partial charge is 0.239 e. The predicted octanol–water partition coefficient (Wildman–Crippen LogP) is 0.729. The molecule has 0 spiro atoms. The molecule has 0 aliphatic carbocycles. The monoisotopic (exact) mass is 194 g/mol. The SMILES string of the molecule is NC1CCCN(Cc2ccco2)C1=O. The van der Waals surface area contributed by atoms with Crippen LogP contribution in [0.2, 0.25) is 0 Å². The lowest BCUT2D eigenvalue weighted by molar-refractivity contribution is -0.135. The van der Waals surface area contributed by atoms with Crippen LogP contribution in [0.1, 0.15) is 18.6 Å². The quantitative estimate of drug-likeness (QED) is 0.755. The van der Waals surface area contributed by atoms with E-state index in [-0.39, 0.29) is 11.9 Å². The second-order valence-corrected chi connectivity index (χ2v) is 3.59. The predicted molar refractivity (Wildman–Crippen MR) is 51.3 cm³/mol. The van der Waals surface area contributed by atoms with Gasteiger partial charge in [0, 0.05) is 6.54 Å². The standard InChI is InChI=1S/C10H14N2O2/c11-9-4-1-5-12(10(9)13)7-8-3-2-6-14-8/h2-3,6,9H,1,4-5,7,11H2. The van der Waals surface area contributed by atoms with E-state index in [1.54, 1.807) is 11.2 Å². The van der Waals surface area contributed by atoms with Gasteiger partial charge in [0.15, 0.2) is 0 Å². The van der Waals surface area contributed by atoms with Gasteiger partial charge in [-0.05, 0) is 25.0 Å². The largest absolute Gasteiger partial charge is 0.467 e. The van der Waals surface area contributed by atoms with E-state index in [1.165, 1.54) is 0 Å². The summed E-state index contributed by atoms with van der Waals surface area (Å²) in [4.78, 5) is 13.4. The van der Waals surface area contributed by atoms with Crippen molar-refractivity contribution in [2.45, 2.75) is 25.4 Å². The van der Waals surface area contributed by atoms with Crippen LogP contribution in [0.3, 0.4) is 0 Å². The number of piperidine rings is 1. The molecule has 0 radical (unpaired) electrons. The molecule has 1 aromatic heterocycles. The highest BCUT2D eigenvalue weighted by Gasteiger charge is 2.25. The highest BCUT2D eigenvalue weighted by Crippen LogP contribution is 2.13. The van der Waals surface area contributed by atoms with E-state index in [4.69, 9.17) is 10.2 Å². The van der Waals surface area contributed by atoms with Gasteiger partial charge in [-0.25, -0.2) is 0 Å². The number of carbonyl (C=O) groups excluding carboxylic acids is 1. The van der Waals surface area contributed by atoms with Crippen LogP contribution < -0.4 is 5.73 Å². The number of furan rings is 1. The van der Waals surface area contributed by atoms with Crippen molar-refractivity contribution >= 4 is 5.91 Å². The summed E-state index contributed by atoms with van der Waals surface area (Å²) in [7, 11) is 0. The van der Waals surface area contributed by atoms with Gasteiger partial charge in [-0.2, -0.15) is 0 Å². The third-order valence-electron chi connectivity index (χ3n) is 2.50. The van der Waals surface area contributed by atoms with E-state index in [1.807, 2.05) is 12.1 Å². The zero-order chi connectivity index (χ0) is 9.97. The molecule has 1 aromatic rings. The van der Waals surface area contributed by atoms with Crippen LogP contribution in [-0.4, -0.2) is 23.4 Å². The zero-order valence-electron chi connectivity index (χ0n) is 7.98. The van der Waals surface area contributed by atoms with Gasteiger partial charge in [0.2, 0.25) is 5.91 Å². The third-order valence-corrected chi connectivity index (χ3v) is 2.50. The number of nitrogens with zero attached hydrogens (tertiary/aromatic N) is 1. The van der Waals surface area contributed by atoms with Crippen molar-refractivity contribution in [3.8, 4) is 0 Å². The summed E-state index contributed by atoms with van der Waals surface area (Å²) in [6.07, 6.45) is 3.39. The van der Waals surface area contributed by atoms with Gasteiger partial charge in [-0.15, -0.1) is 0 Å². The van der Waals surface area contributed by atoms with Crippen molar-refractivity contribution in [3.05, 3.63) is 24.2 Å². The Morgan fingerprint density at radius 1 is 1.64 bits per heavy atom. The minimum atomic E-state index is -0.321. The molecule has 14 heavy (non-hydrogen) atoms. The number of nitrogens with two attached hydrogens (primary N) is 1. The van der Waals surface area contributed by atoms with E-state index in [0.717, 1.165) is 25.1 Å². The molecule has 1 unspecified atom stereocenters. The molecule has 2 rings (SSSR count). The lowest BCUT2D eigenvalue weighted by atomic mass is 10.1. The molecule has 1 aliphatic heterocycles. The molecule has 76 valence electrons. The van der Waals surface area contributed by atoms with Crippen LogP contribution in [0.5, 0.6) is 0 Å². The summed E-state index contributed by atoms with van der Waals surface area (Å²) in [5.41, 5.74) is 5.68. The molecule has 0 bridgehead atoms. The molecule has 2 heterocycles. The first-order valence-electron chi connectivity index (χ1n) is 4.84. The lowest BCUT2D eigenvalue weighted by Crippen LogP contribution is -2.47. The molecule has 4 heteroatoms. The van der Waals surface area contributed by atoms with Crippen molar-refractivity contribution < 1.29 is 9.21 Å². The molecule has 1 saturated heterocycles. The first-order valence-corrected chi connectivity index (χ1v) is 4.84. The summed E-state index contributed by atoms with van der Waals surface area (Å²) >= 11 is 0. The molecule has 1 fully saturated rings. The molecule has 2 N–H and O–H groups in total. The van der Waals surface area contributed by atoms with Crippen LogP contribution >= 0.6 is 0 Å². The maximum atomic E-state index is 11.6.